The Morgan fingerprint density at radius 1 is 1.17 bits per heavy atom. The van der Waals surface area contributed by atoms with Crippen LogP contribution < -0.4 is 0 Å². The zero-order valence-electron chi connectivity index (χ0n) is 23.8. The number of rotatable bonds is 7. The first-order valence-corrected chi connectivity index (χ1v) is 14.9. The van der Waals surface area contributed by atoms with Crippen LogP contribution >= 0.6 is 11.6 Å². The average molecular weight is 606 g/mol. The van der Waals surface area contributed by atoms with Gasteiger partial charge in [0.15, 0.2) is 5.69 Å². The summed E-state index contributed by atoms with van der Waals surface area (Å²) < 4.78 is 44.8. The number of aromatic amines is 1. The molecular weight excluding hydrogens is 571 g/mol. The molecule has 226 valence electrons. The summed E-state index contributed by atoms with van der Waals surface area (Å²) in [5, 5.41) is 22.3. The minimum absolute atomic E-state index is 0.184. The largest absolute Gasteiger partial charge is 0.481 e. The Morgan fingerprint density at radius 3 is 2.45 bits per heavy atom. The fraction of sp³-hybridized carbons (Fsp3) is 0.600. The number of halogens is 4. The molecule has 12 heteroatoms. The number of hydrogen-bond acceptors (Lipinski definition) is 4. The number of carboxylic acids is 1. The smallest absolute Gasteiger partial charge is 0.433 e. The van der Waals surface area contributed by atoms with Crippen LogP contribution in [0.1, 0.15) is 87.1 Å². The number of aromatic nitrogens is 4. The molecule has 0 spiro atoms. The lowest BCUT2D eigenvalue weighted by molar-refractivity contribution is -0.152. The molecule has 1 aromatic carbocycles. The lowest BCUT2D eigenvalue weighted by Gasteiger charge is -2.35. The van der Waals surface area contributed by atoms with Gasteiger partial charge < -0.3 is 10.0 Å². The minimum atomic E-state index is -4.81. The molecule has 3 atom stereocenters. The number of benzene rings is 1. The van der Waals surface area contributed by atoms with Crippen molar-refractivity contribution in [3.8, 4) is 0 Å². The fourth-order valence-corrected chi connectivity index (χ4v) is 7.90. The van der Waals surface area contributed by atoms with Gasteiger partial charge in [0.05, 0.1) is 39.5 Å². The van der Waals surface area contributed by atoms with Gasteiger partial charge in [0, 0.05) is 24.4 Å². The molecule has 3 saturated carbocycles. The quantitative estimate of drug-likeness (QED) is 0.310. The maximum absolute atomic E-state index is 14.6. The maximum Gasteiger partial charge on any atom is 0.433 e. The van der Waals surface area contributed by atoms with Crippen molar-refractivity contribution in [3.05, 3.63) is 46.4 Å². The number of H-pyrrole nitrogens is 1. The van der Waals surface area contributed by atoms with Crippen LogP contribution in [0.5, 0.6) is 0 Å². The van der Waals surface area contributed by atoms with Gasteiger partial charge in [0.2, 0.25) is 0 Å². The average Bonchev–Trinajstić information content (AvgIpc) is 3.48. The summed E-state index contributed by atoms with van der Waals surface area (Å²) in [6.07, 6.45) is -1.000. The number of alkyl halides is 3. The number of nitrogens with one attached hydrogen (secondary N) is 1. The van der Waals surface area contributed by atoms with Crippen LogP contribution in [0.4, 0.5) is 13.2 Å². The first kappa shape index (κ1) is 29.0. The van der Waals surface area contributed by atoms with Gasteiger partial charge in [-0.15, -0.1) is 0 Å². The number of carboxylic acid groups (broad SMARTS) is 1. The van der Waals surface area contributed by atoms with E-state index in [1.54, 1.807) is 24.0 Å². The van der Waals surface area contributed by atoms with Crippen molar-refractivity contribution in [2.45, 2.75) is 84.0 Å². The Morgan fingerprint density at radius 2 is 1.83 bits per heavy atom. The second-order valence-electron chi connectivity index (χ2n) is 13.2. The molecule has 3 aliphatic carbocycles. The summed E-state index contributed by atoms with van der Waals surface area (Å²) in [6.45, 7) is 6.22. The Hall–Kier alpha value is -3.08. The zero-order valence-corrected chi connectivity index (χ0v) is 24.6. The number of aliphatic carboxylic acids is 1. The zero-order chi connectivity index (χ0) is 30.2. The third-order valence-electron chi connectivity index (χ3n) is 10.5. The number of carbonyl (C=O) groups is 2. The first-order chi connectivity index (χ1) is 19.7. The lowest BCUT2D eigenvalue weighted by atomic mass is 9.74. The molecule has 0 aliphatic heterocycles. The topological polar surface area (TPSA) is 104 Å². The van der Waals surface area contributed by atoms with Crippen molar-refractivity contribution in [2.24, 2.45) is 22.7 Å². The third kappa shape index (κ3) is 4.77. The molecule has 42 heavy (non-hydrogen) atoms. The third-order valence-corrected chi connectivity index (χ3v) is 10.8. The molecule has 3 fully saturated rings. The van der Waals surface area contributed by atoms with Crippen molar-refractivity contribution in [1.29, 1.82) is 0 Å². The monoisotopic (exact) mass is 605 g/mol. The van der Waals surface area contributed by atoms with E-state index in [4.69, 9.17) is 11.6 Å². The van der Waals surface area contributed by atoms with E-state index in [0.29, 0.717) is 29.0 Å². The summed E-state index contributed by atoms with van der Waals surface area (Å²) in [5.41, 5.74) is -0.894. The van der Waals surface area contributed by atoms with Crippen molar-refractivity contribution in [2.75, 3.05) is 6.54 Å². The number of nitrogens with zero attached hydrogens (tertiary/aromatic N) is 4. The van der Waals surface area contributed by atoms with Crippen molar-refractivity contribution >= 4 is 34.4 Å². The van der Waals surface area contributed by atoms with Crippen molar-refractivity contribution < 1.29 is 27.9 Å². The second-order valence-corrected chi connectivity index (χ2v) is 13.6. The molecule has 0 unspecified atom stereocenters. The number of fused-ring (bicyclic) bond motifs is 2. The van der Waals surface area contributed by atoms with Crippen molar-refractivity contribution in [3.63, 3.8) is 0 Å². The summed E-state index contributed by atoms with van der Waals surface area (Å²) >= 11 is 6.43. The van der Waals surface area contributed by atoms with E-state index in [0.717, 1.165) is 34.6 Å². The number of hydrogen-bond donors (Lipinski definition) is 2. The summed E-state index contributed by atoms with van der Waals surface area (Å²) in [4.78, 5) is 27.4. The van der Waals surface area contributed by atoms with Crippen LogP contribution in [0.3, 0.4) is 0 Å². The maximum atomic E-state index is 14.6. The van der Waals surface area contributed by atoms with E-state index < -0.39 is 40.8 Å². The summed E-state index contributed by atoms with van der Waals surface area (Å²) in [6, 6.07) is 4.59. The van der Waals surface area contributed by atoms with E-state index in [-0.39, 0.29) is 43.7 Å². The van der Waals surface area contributed by atoms with E-state index in [9.17, 15) is 27.9 Å². The second kappa shape index (κ2) is 9.99. The van der Waals surface area contributed by atoms with Gasteiger partial charge in [-0.2, -0.15) is 23.4 Å². The van der Waals surface area contributed by atoms with Gasteiger partial charge in [0.25, 0.3) is 5.91 Å². The predicted molar refractivity (Wildman–Crippen MR) is 150 cm³/mol. The number of carbonyl (C=O) groups excluding carboxylic acids is 1. The van der Waals surface area contributed by atoms with Gasteiger partial charge in [-0.25, -0.2) is 0 Å². The van der Waals surface area contributed by atoms with E-state index in [1.165, 1.54) is 0 Å². The molecule has 1 amide bonds. The van der Waals surface area contributed by atoms with E-state index in [2.05, 4.69) is 29.1 Å². The minimum Gasteiger partial charge on any atom is -0.481 e. The summed E-state index contributed by atoms with van der Waals surface area (Å²) in [5.74, 6) is -0.759. The van der Waals surface area contributed by atoms with Gasteiger partial charge in [-0.05, 0) is 74.8 Å². The van der Waals surface area contributed by atoms with Crippen LogP contribution in [0.15, 0.2) is 24.4 Å². The molecule has 0 radical (unpaired) electrons. The standard InChI is InChI=1S/C30H35ClF3N5O3/c1-28(2)19-13-17(14-20(19)28)38(12-9-23-24-21(31)5-4-6-22(24)36-37-23)26(40)18-15-35-39(25(18)30(32,33)34)16-7-10-29(3,11-8-16)27(41)42/h4-6,15-17,19-20H,7-14H2,1-3H3,(H,36,37)(H,41,42)/t16-,17-,19+,20-,29-. The Bertz CT molecular complexity index is 1520. The van der Waals surface area contributed by atoms with E-state index in [1.807, 2.05) is 6.07 Å². The lowest BCUT2D eigenvalue weighted by Crippen LogP contribution is -2.42. The molecule has 6 rings (SSSR count). The van der Waals surface area contributed by atoms with Crippen LogP contribution in [0.25, 0.3) is 10.9 Å². The normalized spacial score (nSPS) is 28.5. The Labute approximate surface area is 246 Å². The molecule has 3 aliphatic rings. The van der Waals surface area contributed by atoms with Gasteiger partial charge in [-0.1, -0.05) is 31.5 Å². The molecular formula is C30H35ClF3N5O3. The van der Waals surface area contributed by atoms with Gasteiger partial charge in [-0.3, -0.25) is 19.4 Å². The van der Waals surface area contributed by atoms with Gasteiger partial charge in [0.1, 0.15) is 0 Å². The fourth-order valence-electron chi connectivity index (χ4n) is 7.61. The van der Waals surface area contributed by atoms with E-state index >= 15 is 0 Å². The highest BCUT2D eigenvalue weighted by Gasteiger charge is 2.63. The molecule has 2 N–H and O–H groups in total. The Kier molecular flexibility index (Phi) is 6.90. The van der Waals surface area contributed by atoms with Crippen LogP contribution in [-0.2, 0) is 17.4 Å². The molecule has 0 saturated heterocycles. The van der Waals surface area contributed by atoms with Gasteiger partial charge >= 0.3 is 12.1 Å². The highest BCUT2D eigenvalue weighted by molar-refractivity contribution is 6.35. The molecule has 3 aromatic rings. The molecule has 8 nitrogen and oxygen atoms in total. The Balaban J connectivity index is 1.30. The number of amides is 1. The predicted octanol–water partition coefficient (Wildman–Crippen LogP) is 6.76. The van der Waals surface area contributed by atoms with Crippen LogP contribution in [0, 0.1) is 22.7 Å². The highest BCUT2D eigenvalue weighted by Crippen LogP contribution is 2.67. The summed E-state index contributed by atoms with van der Waals surface area (Å²) in [7, 11) is 0. The molecule has 2 aromatic heterocycles. The molecule has 0 bridgehead atoms. The highest BCUT2D eigenvalue weighted by atomic mass is 35.5. The van der Waals surface area contributed by atoms with Crippen LogP contribution in [0.2, 0.25) is 5.02 Å². The SMILES string of the molecule is CC1(C)[C@@H]2C[C@H](N(CCc3n[nH]c4cccc(Cl)c34)C(=O)c3cnn([C@H]4CC[C@](C)(C(=O)O)CC4)c3C(F)(F)F)C[C@@H]21. The molecule has 2 heterocycles. The van der Waals surface area contributed by atoms with Crippen LogP contribution in [-0.4, -0.2) is 54.4 Å². The first-order valence-electron chi connectivity index (χ1n) is 14.5. The van der Waals surface area contributed by atoms with Crippen molar-refractivity contribution in [1.82, 2.24) is 24.9 Å².